The summed E-state index contributed by atoms with van der Waals surface area (Å²) in [6.07, 6.45) is 2.56. The van der Waals surface area contributed by atoms with Crippen LogP contribution in [0.5, 0.6) is 11.5 Å². The maximum atomic E-state index is 12.0. The Morgan fingerprint density at radius 3 is 2.70 bits per heavy atom. The first kappa shape index (κ1) is 14.4. The van der Waals surface area contributed by atoms with E-state index in [1.807, 2.05) is 0 Å². The summed E-state index contributed by atoms with van der Waals surface area (Å²) in [7, 11) is -0.518. The zero-order valence-electron chi connectivity index (χ0n) is 11.1. The summed E-state index contributed by atoms with van der Waals surface area (Å²) in [5.74, 6) is 1.20. The number of rotatable bonds is 6. The fourth-order valence-electron chi connectivity index (χ4n) is 1.64. The molecule has 0 spiro atoms. The van der Waals surface area contributed by atoms with Crippen molar-refractivity contribution in [1.29, 1.82) is 0 Å². The van der Waals surface area contributed by atoms with Gasteiger partial charge in [-0.1, -0.05) is 6.07 Å². The standard InChI is InChI=1S/C12H15N3O4S/c1-18-10-4-3-9(12(5-10)19-2)6-15-20(16,17)11-7-13-14-8-11/h3-5,7-8,15H,6H2,1-2H3,(H,13,14). The number of ether oxygens (including phenoxy) is 2. The van der Waals surface area contributed by atoms with Crippen molar-refractivity contribution >= 4 is 10.0 Å². The van der Waals surface area contributed by atoms with Gasteiger partial charge < -0.3 is 9.47 Å². The van der Waals surface area contributed by atoms with Crippen LogP contribution in [-0.4, -0.2) is 32.8 Å². The lowest BCUT2D eigenvalue weighted by Gasteiger charge is -2.11. The van der Waals surface area contributed by atoms with Gasteiger partial charge >= 0.3 is 0 Å². The number of methoxy groups -OCH3 is 2. The summed E-state index contributed by atoms with van der Waals surface area (Å²) < 4.78 is 36.7. The van der Waals surface area contributed by atoms with Crippen molar-refractivity contribution in [2.24, 2.45) is 0 Å². The largest absolute Gasteiger partial charge is 0.497 e. The molecule has 0 aliphatic rings. The molecule has 0 bridgehead atoms. The molecule has 7 nitrogen and oxygen atoms in total. The van der Waals surface area contributed by atoms with E-state index in [1.165, 1.54) is 19.5 Å². The van der Waals surface area contributed by atoms with Crippen molar-refractivity contribution in [3.63, 3.8) is 0 Å². The Hall–Kier alpha value is -2.06. The van der Waals surface area contributed by atoms with Gasteiger partial charge in [-0.3, -0.25) is 5.10 Å². The second kappa shape index (κ2) is 5.93. The second-order valence-electron chi connectivity index (χ2n) is 3.94. The third-order valence-electron chi connectivity index (χ3n) is 2.73. The highest BCUT2D eigenvalue weighted by Crippen LogP contribution is 2.24. The van der Waals surface area contributed by atoms with Crippen molar-refractivity contribution in [3.8, 4) is 11.5 Å². The molecule has 1 aromatic carbocycles. The molecule has 1 heterocycles. The molecule has 0 unspecified atom stereocenters. The van der Waals surface area contributed by atoms with Crippen molar-refractivity contribution in [2.45, 2.75) is 11.4 Å². The van der Waals surface area contributed by atoms with E-state index in [1.54, 1.807) is 25.3 Å². The minimum Gasteiger partial charge on any atom is -0.497 e. The predicted molar refractivity (Wildman–Crippen MR) is 72.2 cm³/mol. The summed E-state index contributed by atoms with van der Waals surface area (Å²) in [6.45, 7) is 0.112. The molecule has 8 heteroatoms. The Morgan fingerprint density at radius 2 is 2.10 bits per heavy atom. The van der Waals surface area contributed by atoms with E-state index in [0.29, 0.717) is 17.1 Å². The molecule has 0 atom stereocenters. The van der Waals surface area contributed by atoms with Crippen LogP contribution < -0.4 is 14.2 Å². The van der Waals surface area contributed by atoms with E-state index in [-0.39, 0.29) is 11.4 Å². The molecule has 2 aromatic rings. The highest BCUT2D eigenvalue weighted by Gasteiger charge is 2.16. The molecule has 0 saturated heterocycles. The lowest BCUT2D eigenvalue weighted by molar-refractivity contribution is 0.390. The predicted octanol–water partition coefficient (Wildman–Crippen LogP) is 0.905. The maximum absolute atomic E-state index is 12.0. The lowest BCUT2D eigenvalue weighted by Crippen LogP contribution is -2.23. The van der Waals surface area contributed by atoms with Crippen LogP contribution in [-0.2, 0) is 16.6 Å². The average molecular weight is 297 g/mol. The van der Waals surface area contributed by atoms with Gasteiger partial charge in [0.15, 0.2) is 0 Å². The number of aromatic amines is 1. The summed E-state index contributed by atoms with van der Waals surface area (Å²) in [6, 6.07) is 5.18. The van der Waals surface area contributed by atoms with E-state index in [9.17, 15) is 8.42 Å². The highest BCUT2D eigenvalue weighted by atomic mass is 32.2. The first-order valence-corrected chi connectivity index (χ1v) is 7.24. The van der Waals surface area contributed by atoms with Crippen LogP contribution >= 0.6 is 0 Å². The van der Waals surface area contributed by atoms with Crippen LogP contribution in [0.2, 0.25) is 0 Å². The summed E-state index contributed by atoms with van der Waals surface area (Å²) in [4.78, 5) is 0.0879. The lowest BCUT2D eigenvalue weighted by atomic mass is 10.2. The molecule has 0 amide bonds. The van der Waals surface area contributed by atoms with Gasteiger partial charge in [-0.25, -0.2) is 13.1 Å². The van der Waals surface area contributed by atoms with Gasteiger partial charge in [-0.05, 0) is 6.07 Å². The molecule has 108 valence electrons. The minimum absolute atomic E-state index is 0.0879. The van der Waals surface area contributed by atoms with Crippen LogP contribution in [0.3, 0.4) is 0 Å². The Bertz CT molecular complexity index is 668. The fraction of sp³-hybridized carbons (Fsp3) is 0.250. The minimum atomic E-state index is -3.59. The first-order chi connectivity index (χ1) is 9.56. The van der Waals surface area contributed by atoms with E-state index in [4.69, 9.17) is 9.47 Å². The number of nitrogens with one attached hydrogen (secondary N) is 2. The second-order valence-corrected chi connectivity index (χ2v) is 5.70. The normalized spacial score (nSPS) is 11.3. The molecule has 20 heavy (non-hydrogen) atoms. The molecule has 0 aliphatic carbocycles. The van der Waals surface area contributed by atoms with Gasteiger partial charge in [0.05, 0.1) is 20.4 Å². The molecular weight excluding hydrogens is 282 g/mol. The maximum Gasteiger partial charge on any atom is 0.243 e. The van der Waals surface area contributed by atoms with E-state index >= 15 is 0 Å². The number of sulfonamides is 1. The molecule has 2 N–H and O–H groups in total. The van der Waals surface area contributed by atoms with Crippen molar-refractivity contribution in [2.75, 3.05) is 14.2 Å². The monoisotopic (exact) mass is 297 g/mol. The third-order valence-corrected chi connectivity index (χ3v) is 4.10. The fourth-order valence-corrected chi connectivity index (χ4v) is 2.55. The SMILES string of the molecule is COc1ccc(CNS(=O)(=O)c2cn[nH]c2)c(OC)c1. The van der Waals surface area contributed by atoms with Crippen LogP contribution in [0, 0.1) is 0 Å². The Morgan fingerprint density at radius 1 is 1.30 bits per heavy atom. The van der Waals surface area contributed by atoms with Gasteiger partial charge in [0.1, 0.15) is 16.4 Å². The number of H-pyrrole nitrogens is 1. The summed E-state index contributed by atoms with van der Waals surface area (Å²) >= 11 is 0. The zero-order chi connectivity index (χ0) is 14.6. The molecular formula is C12H15N3O4S. The topological polar surface area (TPSA) is 93.3 Å². The summed E-state index contributed by atoms with van der Waals surface area (Å²) in [5.41, 5.74) is 0.709. The van der Waals surface area contributed by atoms with Crippen molar-refractivity contribution in [1.82, 2.24) is 14.9 Å². The number of nitrogens with zero attached hydrogens (tertiary/aromatic N) is 1. The smallest absolute Gasteiger partial charge is 0.243 e. The quantitative estimate of drug-likeness (QED) is 0.826. The zero-order valence-corrected chi connectivity index (χ0v) is 11.9. The molecule has 0 fully saturated rings. The number of benzene rings is 1. The van der Waals surface area contributed by atoms with Gasteiger partial charge in [-0.2, -0.15) is 5.10 Å². The molecule has 0 radical (unpaired) electrons. The van der Waals surface area contributed by atoms with Crippen molar-refractivity contribution in [3.05, 3.63) is 36.2 Å². The molecule has 0 saturated carbocycles. The van der Waals surface area contributed by atoms with Crippen molar-refractivity contribution < 1.29 is 17.9 Å². The Kier molecular flexibility index (Phi) is 4.26. The van der Waals surface area contributed by atoms with Crippen LogP contribution in [0.25, 0.3) is 0 Å². The molecule has 2 rings (SSSR count). The summed E-state index contributed by atoms with van der Waals surface area (Å²) in [5, 5.41) is 6.08. The highest BCUT2D eigenvalue weighted by molar-refractivity contribution is 7.89. The van der Waals surface area contributed by atoms with Gasteiger partial charge in [-0.15, -0.1) is 0 Å². The Balaban J connectivity index is 2.15. The number of aromatic nitrogens is 2. The number of hydrogen-bond acceptors (Lipinski definition) is 5. The molecule has 1 aromatic heterocycles. The number of hydrogen-bond donors (Lipinski definition) is 2. The average Bonchev–Trinajstić information content (AvgIpc) is 3.00. The first-order valence-electron chi connectivity index (χ1n) is 5.76. The van der Waals surface area contributed by atoms with Gasteiger partial charge in [0, 0.05) is 24.4 Å². The third kappa shape index (κ3) is 3.09. The van der Waals surface area contributed by atoms with Crippen LogP contribution in [0.4, 0.5) is 0 Å². The van der Waals surface area contributed by atoms with Gasteiger partial charge in [0.2, 0.25) is 10.0 Å². The van der Waals surface area contributed by atoms with E-state index < -0.39 is 10.0 Å². The molecule has 0 aliphatic heterocycles. The van der Waals surface area contributed by atoms with Crippen LogP contribution in [0.15, 0.2) is 35.5 Å². The van der Waals surface area contributed by atoms with E-state index in [0.717, 1.165) is 0 Å². The Labute approximate surface area is 117 Å². The van der Waals surface area contributed by atoms with E-state index in [2.05, 4.69) is 14.9 Å². The van der Waals surface area contributed by atoms with Gasteiger partial charge in [0.25, 0.3) is 0 Å². The van der Waals surface area contributed by atoms with Crippen LogP contribution in [0.1, 0.15) is 5.56 Å².